The van der Waals surface area contributed by atoms with E-state index in [1.807, 2.05) is 41.1 Å². The molecule has 0 spiro atoms. The molecular weight excluding hydrogens is 442 g/mol. The average Bonchev–Trinajstić information content (AvgIpc) is 3.58. The Bertz CT molecular complexity index is 1520. The van der Waals surface area contributed by atoms with Crippen LogP contribution in [0.4, 0.5) is 14.5 Å². The highest BCUT2D eigenvalue weighted by Crippen LogP contribution is 2.40. The maximum Gasteiger partial charge on any atom is 0.341 e. The zero-order chi connectivity index (χ0) is 23.6. The van der Waals surface area contributed by atoms with Gasteiger partial charge < -0.3 is 19.1 Å². The maximum atomic E-state index is 15.9. The fraction of sp³-hybridized carbons (Fsp3) is 0.240. The van der Waals surface area contributed by atoms with Gasteiger partial charge in [-0.2, -0.15) is 0 Å². The molecule has 0 radical (unpaired) electrons. The molecule has 1 saturated carbocycles. The van der Waals surface area contributed by atoms with Crippen LogP contribution in [0.3, 0.4) is 0 Å². The molecule has 0 atom stereocenters. The number of aromatic nitrogens is 3. The number of benzene rings is 2. The van der Waals surface area contributed by atoms with Crippen molar-refractivity contribution in [3.8, 4) is 11.3 Å². The minimum absolute atomic E-state index is 0.0483. The maximum absolute atomic E-state index is 15.9. The second-order valence-electron chi connectivity index (χ2n) is 8.76. The Labute approximate surface area is 192 Å². The highest BCUT2D eigenvalue weighted by atomic mass is 19.1. The average molecular weight is 462 g/mol. The van der Waals surface area contributed by atoms with Crippen LogP contribution in [0.15, 0.2) is 53.6 Å². The van der Waals surface area contributed by atoms with Gasteiger partial charge in [-0.05, 0) is 18.9 Å². The van der Waals surface area contributed by atoms with Gasteiger partial charge in [-0.25, -0.2) is 18.6 Å². The number of pyridine rings is 1. The van der Waals surface area contributed by atoms with Crippen molar-refractivity contribution in [2.24, 2.45) is 0 Å². The van der Waals surface area contributed by atoms with Crippen LogP contribution >= 0.6 is 0 Å². The number of carbonyl (C=O) groups is 1. The molecule has 34 heavy (non-hydrogen) atoms. The number of halogens is 2. The summed E-state index contributed by atoms with van der Waals surface area (Å²) in [5, 5.41) is 9.15. The van der Waals surface area contributed by atoms with Gasteiger partial charge in [-0.15, -0.1) is 0 Å². The molecule has 0 unspecified atom stereocenters. The van der Waals surface area contributed by atoms with E-state index < -0.39 is 28.6 Å². The molecule has 1 fully saturated rings. The van der Waals surface area contributed by atoms with Crippen molar-refractivity contribution in [1.29, 1.82) is 0 Å². The molecule has 2 aliphatic rings. The highest BCUT2D eigenvalue weighted by molar-refractivity contribution is 5.94. The summed E-state index contributed by atoms with van der Waals surface area (Å²) in [5.41, 5.74) is 0.111. The molecule has 4 aromatic rings. The minimum atomic E-state index is -1.41. The first-order valence-corrected chi connectivity index (χ1v) is 11.1. The van der Waals surface area contributed by atoms with Crippen molar-refractivity contribution >= 4 is 22.6 Å². The molecule has 1 aliphatic heterocycles. The van der Waals surface area contributed by atoms with Gasteiger partial charge in [0, 0.05) is 37.1 Å². The lowest BCUT2D eigenvalue weighted by Gasteiger charge is -2.30. The predicted molar refractivity (Wildman–Crippen MR) is 122 cm³/mol. The van der Waals surface area contributed by atoms with E-state index in [-0.39, 0.29) is 29.2 Å². The number of carboxylic acids is 1. The van der Waals surface area contributed by atoms with E-state index >= 15 is 8.78 Å². The molecule has 9 heteroatoms. The number of imidazole rings is 1. The molecule has 0 saturated heterocycles. The molecule has 3 heterocycles. The molecule has 172 valence electrons. The molecular formula is C25H20F2N4O3. The summed E-state index contributed by atoms with van der Waals surface area (Å²) in [6.07, 6.45) is 4.61. The normalized spacial score (nSPS) is 15.5. The lowest BCUT2D eigenvalue weighted by molar-refractivity contribution is 0.0694. The molecule has 1 aliphatic carbocycles. The van der Waals surface area contributed by atoms with Crippen LogP contribution in [0.1, 0.15) is 35.1 Å². The van der Waals surface area contributed by atoms with E-state index in [2.05, 4.69) is 4.98 Å². The highest BCUT2D eigenvalue weighted by Gasteiger charge is 2.32. The zero-order valence-corrected chi connectivity index (χ0v) is 18.0. The van der Waals surface area contributed by atoms with Crippen LogP contribution in [0.25, 0.3) is 22.2 Å². The molecule has 2 aromatic heterocycles. The van der Waals surface area contributed by atoms with Gasteiger partial charge in [0.15, 0.2) is 5.82 Å². The quantitative estimate of drug-likeness (QED) is 0.492. The van der Waals surface area contributed by atoms with Crippen LogP contribution < -0.4 is 10.3 Å². The third kappa shape index (κ3) is 3.19. The second-order valence-corrected chi connectivity index (χ2v) is 8.76. The molecule has 1 N–H and O–H groups in total. The van der Waals surface area contributed by atoms with Crippen molar-refractivity contribution in [1.82, 2.24) is 14.1 Å². The van der Waals surface area contributed by atoms with Crippen molar-refractivity contribution in [2.75, 3.05) is 11.4 Å². The van der Waals surface area contributed by atoms with Crippen molar-refractivity contribution in [3.05, 3.63) is 82.0 Å². The Hall–Kier alpha value is -4.01. The van der Waals surface area contributed by atoms with E-state index in [0.717, 1.165) is 30.2 Å². The molecule has 2 aromatic carbocycles. The van der Waals surface area contributed by atoms with Crippen LogP contribution in [0.2, 0.25) is 0 Å². The summed E-state index contributed by atoms with van der Waals surface area (Å²) in [5.74, 6) is -2.47. The number of rotatable bonds is 4. The van der Waals surface area contributed by atoms with Crippen LogP contribution in [0.5, 0.6) is 0 Å². The first kappa shape index (κ1) is 20.6. The number of hydrogen-bond donors (Lipinski definition) is 1. The summed E-state index contributed by atoms with van der Waals surface area (Å²) in [7, 11) is 0. The summed E-state index contributed by atoms with van der Waals surface area (Å²) < 4.78 is 34.6. The summed E-state index contributed by atoms with van der Waals surface area (Å²) in [6, 6.07) is 10.5. The zero-order valence-electron chi connectivity index (χ0n) is 18.0. The first-order chi connectivity index (χ1) is 16.4. The number of hydrogen-bond acceptors (Lipinski definition) is 4. The third-order valence-corrected chi connectivity index (χ3v) is 6.54. The van der Waals surface area contributed by atoms with E-state index in [1.165, 1.54) is 10.8 Å². The van der Waals surface area contributed by atoms with Crippen LogP contribution in [-0.4, -0.2) is 31.7 Å². The number of aromatic carboxylic acids is 1. The van der Waals surface area contributed by atoms with Crippen LogP contribution in [-0.2, 0) is 13.1 Å². The largest absolute Gasteiger partial charge is 0.477 e. The van der Waals surface area contributed by atoms with Gasteiger partial charge in [0.05, 0.1) is 23.1 Å². The molecule has 0 bridgehead atoms. The topological polar surface area (TPSA) is 80.4 Å². The van der Waals surface area contributed by atoms with Crippen LogP contribution in [0, 0.1) is 11.6 Å². The lowest BCUT2D eigenvalue weighted by atomic mass is 10.1. The number of nitrogens with zero attached hydrogens (tertiary/aromatic N) is 4. The standard InChI is InChI=1S/C25H20F2N4O3/c26-18-10-16-22(31(15-6-7-15)11-17(24(16)32)25(33)34)21(27)23(18)30-9-8-29-12-19(28-20(29)13-30)14-4-2-1-3-5-14/h1-5,10-12,15H,6-9,13H2,(H,33,34). The Morgan fingerprint density at radius 1 is 1.09 bits per heavy atom. The molecule has 0 amide bonds. The molecule has 6 rings (SSSR count). The van der Waals surface area contributed by atoms with E-state index in [4.69, 9.17) is 0 Å². The number of anilines is 1. The smallest absolute Gasteiger partial charge is 0.341 e. The lowest BCUT2D eigenvalue weighted by Crippen LogP contribution is -2.35. The number of carboxylic acid groups (broad SMARTS) is 1. The van der Waals surface area contributed by atoms with Crippen molar-refractivity contribution < 1.29 is 18.7 Å². The summed E-state index contributed by atoms with van der Waals surface area (Å²) in [4.78, 5) is 30.5. The third-order valence-electron chi connectivity index (χ3n) is 6.54. The Balaban J connectivity index is 1.46. The van der Waals surface area contributed by atoms with E-state index in [9.17, 15) is 14.7 Å². The Morgan fingerprint density at radius 3 is 2.56 bits per heavy atom. The van der Waals surface area contributed by atoms with Gasteiger partial charge in [-0.1, -0.05) is 30.3 Å². The minimum Gasteiger partial charge on any atom is -0.477 e. The van der Waals surface area contributed by atoms with Crippen molar-refractivity contribution in [3.63, 3.8) is 0 Å². The fourth-order valence-electron chi connectivity index (χ4n) is 4.71. The Kier molecular flexibility index (Phi) is 4.55. The predicted octanol–water partition coefficient (Wildman–Crippen LogP) is 4.20. The SMILES string of the molecule is O=C(O)c1cn(C2CC2)c2c(F)c(N3CCn4cc(-c5ccccc5)nc4C3)c(F)cc2c1=O. The monoisotopic (exact) mass is 462 g/mol. The number of fused-ring (bicyclic) bond motifs is 2. The van der Waals surface area contributed by atoms with Crippen molar-refractivity contribution in [2.45, 2.75) is 32.0 Å². The Morgan fingerprint density at radius 2 is 1.85 bits per heavy atom. The van der Waals surface area contributed by atoms with Gasteiger partial charge in [-0.3, -0.25) is 4.79 Å². The first-order valence-electron chi connectivity index (χ1n) is 11.1. The summed E-state index contributed by atoms with van der Waals surface area (Å²) in [6.45, 7) is 1.06. The van der Waals surface area contributed by atoms with E-state index in [0.29, 0.717) is 18.9 Å². The van der Waals surface area contributed by atoms with E-state index in [1.54, 1.807) is 4.90 Å². The van der Waals surface area contributed by atoms with Gasteiger partial charge in [0.2, 0.25) is 5.43 Å². The molecule has 7 nitrogen and oxygen atoms in total. The fourth-order valence-corrected chi connectivity index (χ4v) is 4.71. The van der Waals surface area contributed by atoms with Gasteiger partial charge in [0.1, 0.15) is 22.9 Å². The summed E-state index contributed by atoms with van der Waals surface area (Å²) >= 11 is 0. The van der Waals surface area contributed by atoms with Gasteiger partial charge >= 0.3 is 5.97 Å². The van der Waals surface area contributed by atoms with Gasteiger partial charge in [0.25, 0.3) is 0 Å². The second kappa shape index (κ2) is 7.51.